The Bertz CT molecular complexity index is 1920. The van der Waals surface area contributed by atoms with E-state index in [1.165, 1.54) is 19.3 Å². The van der Waals surface area contributed by atoms with E-state index in [0.717, 1.165) is 65.6 Å². The average Bonchev–Trinajstić information content (AvgIpc) is 3.74. The maximum absolute atomic E-state index is 14.3. The van der Waals surface area contributed by atoms with Crippen LogP contribution in [0.5, 0.6) is 0 Å². The molecule has 2 N–H and O–H groups in total. The number of carbonyl (C=O) groups is 2. The fraction of sp³-hybridized carbons (Fsp3) is 0.564. The Morgan fingerprint density at radius 3 is 2.32 bits per heavy atom. The van der Waals surface area contributed by atoms with Gasteiger partial charge in [-0.3, -0.25) is 4.79 Å². The lowest BCUT2D eigenvalue weighted by atomic mass is 9.98. The van der Waals surface area contributed by atoms with Crippen molar-refractivity contribution in [3.8, 4) is 0 Å². The molecule has 0 spiro atoms. The summed E-state index contributed by atoms with van der Waals surface area (Å²) in [6.45, 7) is 15.5. The number of para-hydroxylation sites is 2. The number of piperidine rings is 3. The van der Waals surface area contributed by atoms with Crippen LogP contribution < -0.4 is 15.5 Å². The fourth-order valence-electron chi connectivity index (χ4n) is 8.45. The van der Waals surface area contributed by atoms with Gasteiger partial charge in [0.1, 0.15) is 11.9 Å². The van der Waals surface area contributed by atoms with Gasteiger partial charge < -0.3 is 30.2 Å². The monoisotopic (exact) mass is 760 g/mol. The molecule has 0 bridgehead atoms. The minimum atomic E-state index is -3.61. The predicted octanol–water partition coefficient (Wildman–Crippen LogP) is 5.52. The molecule has 53 heavy (non-hydrogen) atoms. The predicted molar refractivity (Wildman–Crippen MR) is 214 cm³/mol. The van der Waals surface area contributed by atoms with Crippen molar-refractivity contribution in [1.82, 2.24) is 29.2 Å². The van der Waals surface area contributed by atoms with Gasteiger partial charge in [-0.05, 0) is 87.5 Å². The van der Waals surface area contributed by atoms with E-state index in [9.17, 15) is 18.0 Å². The van der Waals surface area contributed by atoms with Crippen molar-refractivity contribution >= 4 is 52.3 Å². The second-order valence-corrected chi connectivity index (χ2v) is 24.1. The van der Waals surface area contributed by atoms with Crippen molar-refractivity contribution in [1.29, 1.82) is 0 Å². The van der Waals surface area contributed by atoms with Crippen molar-refractivity contribution in [2.45, 2.75) is 95.2 Å². The first-order chi connectivity index (χ1) is 25.4. The second kappa shape index (κ2) is 15.5. The molecule has 3 aromatic rings. The summed E-state index contributed by atoms with van der Waals surface area (Å²) in [7, 11) is -5.18. The summed E-state index contributed by atoms with van der Waals surface area (Å²) in [5.74, 6) is 0.855. The number of anilines is 2. The molecule has 7 rings (SSSR count). The molecule has 2 aromatic carbocycles. The van der Waals surface area contributed by atoms with Crippen molar-refractivity contribution in [3.05, 3.63) is 66.6 Å². The third kappa shape index (κ3) is 8.44. The van der Waals surface area contributed by atoms with Gasteiger partial charge in [-0.2, -0.15) is 9.19 Å². The SMILES string of the molecule is C=C1Nc2ccccc2N1C1CCN(C(=O)NC(Cc2ccc3c(cnn3S(=O)(=O)CC[Si](C)(C)C)c2)C(=O)N2CCC(N3CCCCC3)CC2)CC1. The highest BCUT2D eigenvalue weighted by atomic mass is 32.2. The highest BCUT2D eigenvalue weighted by Crippen LogP contribution is 2.39. The topological polar surface area (TPSA) is 123 Å². The van der Waals surface area contributed by atoms with Crippen LogP contribution in [-0.2, 0) is 21.2 Å². The molecule has 4 aliphatic heterocycles. The van der Waals surface area contributed by atoms with Crippen LogP contribution in [0.25, 0.3) is 10.9 Å². The number of carbonyl (C=O) groups excluding carboxylic acids is 2. The first-order valence-corrected chi connectivity index (χ1v) is 24.8. The van der Waals surface area contributed by atoms with Gasteiger partial charge in [0.15, 0.2) is 0 Å². The number of rotatable bonds is 10. The summed E-state index contributed by atoms with van der Waals surface area (Å²) < 4.78 is 27.7. The molecule has 1 unspecified atom stereocenters. The summed E-state index contributed by atoms with van der Waals surface area (Å²) in [5.41, 5.74) is 3.53. The first kappa shape index (κ1) is 37.4. The molecule has 3 amide bonds. The van der Waals surface area contributed by atoms with E-state index in [2.05, 4.69) is 63.9 Å². The van der Waals surface area contributed by atoms with Crippen molar-refractivity contribution < 1.29 is 18.0 Å². The standard InChI is InChI=1S/C39H56N8O4SSi/c1-29-41-34-10-6-7-11-37(34)46(29)33-16-22-45(23-17-33)39(49)42-35(38(48)44-20-14-32(15-21-44)43-18-8-5-9-19-43)27-30-12-13-36-31(26-30)28-40-47(36)52(50,51)24-25-53(2,3)4/h6-7,10-13,26,28,32-33,35,41H,1,5,8-9,14-25,27H2,2-4H3,(H,42,49). The number of aromatic nitrogens is 2. The smallest absolute Gasteiger partial charge is 0.318 e. The van der Waals surface area contributed by atoms with Crippen molar-refractivity contribution in [2.24, 2.45) is 0 Å². The van der Waals surface area contributed by atoms with Gasteiger partial charge in [0.2, 0.25) is 5.91 Å². The Morgan fingerprint density at radius 2 is 1.60 bits per heavy atom. The number of likely N-dealkylation sites (tertiary alicyclic amines) is 3. The van der Waals surface area contributed by atoms with Crippen LogP contribution in [0.4, 0.5) is 16.2 Å². The maximum Gasteiger partial charge on any atom is 0.318 e. The van der Waals surface area contributed by atoms with E-state index in [0.29, 0.717) is 55.6 Å². The molecule has 0 radical (unpaired) electrons. The van der Waals surface area contributed by atoms with Crippen molar-refractivity contribution in [2.75, 3.05) is 55.2 Å². The highest BCUT2D eigenvalue weighted by Gasteiger charge is 2.36. The summed E-state index contributed by atoms with van der Waals surface area (Å²) in [4.78, 5) is 36.8. The maximum atomic E-state index is 14.3. The molecule has 5 heterocycles. The van der Waals surface area contributed by atoms with E-state index < -0.39 is 24.1 Å². The summed E-state index contributed by atoms with van der Waals surface area (Å²) in [6, 6.07) is 14.1. The Hall–Kier alpha value is -3.88. The van der Waals surface area contributed by atoms with Gasteiger partial charge in [0, 0.05) is 58.1 Å². The number of nitrogens with one attached hydrogen (secondary N) is 2. The largest absolute Gasteiger partial charge is 0.341 e. The number of benzene rings is 2. The first-order valence-electron chi connectivity index (χ1n) is 19.5. The molecule has 12 nitrogen and oxygen atoms in total. The van der Waals surface area contributed by atoms with Gasteiger partial charge in [-0.25, -0.2) is 13.2 Å². The lowest BCUT2D eigenvalue weighted by molar-refractivity contribution is -0.134. The summed E-state index contributed by atoms with van der Waals surface area (Å²) in [5, 5.41) is 11.5. The van der Waals surface area contributed by atoms with Gasteiger partial charge in [-0.15, -0.1) is 0 Å². The number of amides is 3. The van der Waals surface area contributed by atoms with E-state index in [1.807, 2.05) is 34.1 Å². The van der Waals surface area contributed by atoms with Crippen LogP contribution in [0.15, 0.2) is 61.1 Å². The van der Waals surface area contributed by atoms with Gasteiger partial charge in [-0.1, -0.05) is 50.8 Å². The number of urea groups is 1. The molecule has 1 aromatic heterocycles. The zero-order valence-corrected chi connectivity index (χ0v) is 33.4. The lowest BCUT2D eigenvalue weighted by Crippen LogP contribution is -2.57. The van der Waals surface area contributed by atoms with E-state index >= 15 is 0 Å². The molecular weight excluding hydrogens is 705 g/mol. The third-order valence-corrected chi connectivity index (χ3v) is 15.2. The average molecular weight is 761 g/mol. The molecular formula is C39H56N8O4SSi. The van der Waals surface area contributed by atoms with E-state index in [-0.39, 0.29) is 23.7 Å². The minimum absolute atomic E-state index is 0.0620. The van der Waals surface area contributed by atoms with Crippen LogP contribution in [-0.4, -0.2) is 115 Å². The number of fused-ring (bicyclic) bond motifs is 2. The minimum Gasteiger partial charge on any atom is -0.341 e. The highest BCUT2D eigenvalue weighted by molar-refractivity contribution is 7.90. The fourth-order valence-corrected chi connectivity index (χ4v) is 12.8. The van der Waals surface area contributed by atoms with Crippen LogP contribution in [0.1, 0.15) is 50.5 Å². The molecule has 14 heteroatoms. The molecule has 1 atom stereocenters. The van der Waals surface area contributed by atoms with Crippen LogP contribution >= 0.6 is 0 Å². The zero-order valence-electron chi connectivity index (χ0n) is 31.6. The van der Waals surface area contributed by atoms with Gasteiger partial charge >= 0.3 is 6.03 Å². The van der Waals surface area contributed by atoms with Gasteiger partial charge in [0.25, 0.3) is 10.0 Å². The molecule has 0 saturated carbocycles. The summed E-state index contributed by atoms with van der Waals surface area (Å²) >= 11 is 0. The van der Waals surface area contributed by atoms with E-state index in [4.69, 9.17) is 0 Å². The van der Waals surface area contributed by atoms with E-state index in [1.54, 1.807) is 12.3 Å². The molecule has 286 valence electrons. The lowest BCUT2D eigenvalue weighted by Gasteiger charge is -2.41. The summed E-state index contributed by atoms with van der Waals surface area (Å²) in [6.07, 6.45) is 9.12. The number of nitrogens with zero attached hydrogens (tertiary/aromatic N) is 6. The molecule has 3 fully saturated rings. The van der Waals surface area contributed by atoms with Crippen LogP contribution in [0.2, 0.25) is 25.7 Å². The zero-order chi connectivity index (χ0) is 37.3. The molecule has 4 aliphatic rings. The Labute approximate surface area is 315 Å². The molecule has 3 saturated heterocycles. The normalized spacial score (nSPS) is 20.1. The Morgan fingerprint density at radius 1 is 0.925 bits per heavy atom. The second-order valence-electron chi connectivity index (χ2n) is 16.5. The Balaban J connectivity index is 1.05. The number of hydrogen-bond donors (Lipinski definition) is 2. The third-order valence-electron chi connectivity index (χ3n) is 11.5. The van der Waals surface area contributed by atoms with Gasteiger partial charge in [0.05, 0.1) is 28.8 Å². The van der Waals surface area contributed by atoms with Crippen molar-refractivity contribution in [3.63, 3.8) is 0 Å². The quantitative estimate of drug-likeness (QED) is 0.260. The van der Waals surface area contributed by atoms with Crippen LogP contribution in [0.3, 0.4) is 0 Å². The molecule has 0 aliphatic carbocycles. The Kier molecular flexibility index (Phi) is 10.9. The van der Waals surface area contributed by atoms with Crippen LogP contribution in [0, 0.1) is 0 Å². The number of hydrogen-bond acceptors (Lipinski definition) is 8.